The molecule has 1 aliphatic rings. The van der Waals surface area contributed by atoms with Gasteiger partial charge in [0.2, 0.25) is 0 Å². The van der Waals surface area contributed by atoms with E-state index in [1.54, 1.807) is 0 Å². The molecule has 0 saturated carbocycles. The maximum atomic E-state index is 5.73. The van der Waals surface area contributed by atoms with Gasteiger partial charge in [-0.15, -0.1) is 0 Å². The van der Waals surface area contributed by atoms with E-state index in [0.717, 1.165) is 12.5 Å². The fraction of sp³-hybridized carbons (Fsp3) is 1.00. The highest BCUT2D eigenvalue weighted by atomic mass is 15.2. The smallest absolute Gasteiger partial charge is 0.0232 e. The van der Waals surface area contributed by atoms with E-state index in [2.05, 4.69) is 30.8 Å². The normalized spacial score (nSPS) is 25.9. The predicted octanol–water partition coefficient (Wildman–Crippen LogP) is 0.750. The zero-order valence-electron chi connectivity index (χ0n) is 9.87. The average Bonchev–Trinajstić information content (AvgIpc) is 2.51. The van der Waals surface area contributed by atoms with E-state index >= 15 is 0 Å². The summed E-state index contributed by atoms with van der Waals surface area (Å²) in [5.41, 5.74) is 5.73. The van der Waals surface area contributed by atoms with Gasteiger partial charge in [0.1, 0.15) is 0 Å². The van der Waals surface area contributed by atoms with Crippen LogP contribution < -0.4 is 5.73 Å². The number of hydrogen-bond acceptors (Lipinski definition) is 3. The molecule has 14 heavy (non-hydrogen) atoms. The SMILES string of the molecule is CC(N)CCCN(C)C1CCN(C)C1. The lowest BCUT2D eigenvalue weighted by Crippen LogP contribution is -2.34. The summed E-state index contributed by atoms with van der Waals surface area (Å²) < 4.78 is 0. The summed E-state index contributed by atoms with van der Waals surface area (Å²) in [7, 11) is 4.45. The van der Waals surface area contributed by atoms with Crippen LogP contribution in [0.5, 0.6) is 0 Å². The molecule has 0 spiro atoms. The molecular formula is C11H25N3. The highest BCUT2D eigenvalue weighted by Gasteiger charge is 2.22. The Morgan fingerprint density at radius 3 is 2.79 bits per heavy atom. The van der Waals surface area contributed by atoms with Crippen molar-refractivity contribution in [2.45, 2.75) is 38.3 Å². The first-order valence-electron chi connectivity index (χ1n) is 5.74. The third-order valence-corrected chi connectivity index (χ3v) is 3.16. The molecule has 0 aromatic heterocycles. The van der Waals surface area contributed by atoms with Gasteiger partial charge in [-0.1, -0.05) is 0 Å². The maximum Gasteiger partial charge on any atom is 0.0232 e. The van der Waals surface area contributed by atoms with Gasteiger partial charge in [0.15, 0.2) is 0 Å². The van der Waals surface area contributed by atoms with E-state index in [-0.39, 0.29) is 0 Å². The van der Waals surface area contributed by atoms with Gasteiger partial charge >= 0.3 is 0 Å². The van der Waals surface area contributed by atoms with Crippen LogP contribution in [0.25, 0.3) is 0 Å². The standard InChI is InChI=1S/C11H25N3/c1-10(12)5-4-7-14(3)11-6-8-13(2)9-11/h10-11H,4-9,12H2,1-3H3. The van der Waals surface area contributed by atoms with Gasteiger partial charge in [0.25, 0.3) is 0 Å². The van der Waals surface area contributed by atoms with Gasteiger partial charge in [-0.05, 0) is 53.4 Å². The van der Waals surface area contributed by atoms with Crippen LogP contribution in [0.15, 0.2) is 0 Å². The number of nitrogens with two attached hydrogens (primary N) is 1. The molecule has 0 amide bonds. The average molecular weight is 199 g/mol. The Morgan fingerprint density at radius 1 is 1.57 bits per heavy atom. The lowest BCUT2D eigenvalue weighted by Gasteiger charge is -2.24. The lowest BCUT2D eigenvalue weighted by molar-refractivity contribution is 0.236. The first-order valence-corrected chi connectivity index (χ1v) is 5.74. The van der Waals surface area contributed by atoms with Crippen molar-refractivity contribution in [1.82, 2.24) is 9.80 Å². The van der Waals surface area contributed by atoms with Crippen LogP contribution in [0.4, 0.5) is 0 Å². The molecule has 0 aromatic rings. The first-order chi connectivity index (χ1) is 6.59. The topological polar surface area (TPSA) is 32.5 Å². The molecule has 2 unspecified atom stereocenters. The molecule has 84 valence electrons. The zero-order valence-corrected chi connectivity index (χ0v) is 9.87. The number of hydrogen-bond donors (Lipinski definition) is 1. The summed E-state index contributed by atoms with van der Waals surface area (Å²) >= 11 is 0. The summed E-state index contributed by atoms with van der Waals surface area (Å²) in [6.45, 7) is 5.76. The molecule has 1 saturated heterocycles. The van der Waals surface area contributed by atoms with Gasteiger partial charge in [-0.3, -0.25) is 0 Å². The zero-order chi connectivity index (χ0) is 10.6. The van der Waals surface area contributed by atoms with Crippen molar-refractivity contribution in [2.75, 3.05) is 33.7 Å². The Kier molecular flexibility index (Phi) is 4.85. The third-order valence-electron chi connectivity index (χ3n) is 3.16. The molecule has 1 heterocycles. The van der Waals surface area contributed by atoms with Crippen LogP contribution >= 0.6 is 0 Å². The summed E-state index contributed by atoms with van der Waals surface area (Å²) in [6, 6.07) is 1.13. The first kappa shape index (κ1) is 12.0. The van der Waals surface area contributed by atoms with Crippen molar-refractivity contribution in [3.8, 4) is 0 Å². The second kappa shape index (κ2) is 5.69. The molecule has 0 aromatic carbocycles. The van der Waals surface area contributed by atoms with E-state index in [0.29, 0.717) is 6.04 Å². The largest absolute Gasteiger partial charge is 0.328 e. The number of nitrogens with zero attached hydrogens (tertiary/aromatic N) is 2. The van der Waals surface area contributed by atoms with E-state index in [1.807, 2.05) is 0 Å². The number of rotatable bonds is 5. The second-order valence-corrected chi connectivity index (χ2v) is 4.80. The maximum absolute atomic E-state index is 5.73. The van der Waals surface area contributed by atoms with Gasteiger partial charge < -0.3 is 15.5 Å². The van der Waals surface area contributed by atoms with Crippen LogP contribution in [0, 0.1) is 0 Å². The van der Waals surface area contributed by atoms with Crippen LogP contribution in [0.2, 0.25) is 0 Å². The Hall–Kier alpha value is -0.120. The predicted molar refractivity (Wildman–Crippen MR) is 61.4 cm³/mol. The monoisotopic (exact) mass is 199 g/mol. The van der Waals surface area contributed by atoms with Crippen molar-refractivity contribution in [1.29, 1.82) is 0 Å². The Bertz CT molecular complexity index is 159. The van der Waals surface area contributed by atoms with Crippen molar-refractivity contribution in [3.05, 3.63) is 0 Å². The number of likely N-dealkylation sites (tertiary alicyclic amines) is 1. The van der Waals surface area contributed by atoms with Crippen molar-refractivity contribution in [2.24, 2.45) is 5.73 Å². The summed E-state index contributed by atoms with van der Waals surface area (Å²) in [5, 5.41) is 0. The molecule has 3 nitrogen and oxygen atoms in total. The Morgan fingerprint density at radius 2 is 2.29 bits per heavy atom. The Balaban J connectivity index is 2.12. The molecule has 0 bridgehead atoms. The molecule has 0 radical (unpaired) electrons. The quantitative estimate of drug-likeness (QED) is 0.709. The van der Waals surface area contributed by atoms with E-state index in [9.17, 15) is 0 Å². The molecule has 2 N–H and O–H groups in total. The van der Waals surface area contributed by atoms with Crippen LogP contribution in [0.1, 0.15) is 26.2 Å². The van der Waals surface area contributed by atoms with E-state index in [4.69, 9.17) is 5.73 Å². The fourth-order valence-electron chi connectivity index (χ4n) is 2.12. The van der Waals surface area contributed by atoms with E-state index < -0.39 is 0 Å². The van der Waals surface area contributed by atoms with Crippen LogP contribution in [0.3, 0.4) is 0 Å². The molecule has 2 atom stereocenters. The minimum absolute atomic E-state index is 0.356. The summed E-state index contributed by atoms with van der Waals surface area (Å²) in [5.74, 6) is 0. The molecule has 1 rings (SSSR count). The van der Waals surface area contributed by atoms with Crippen molar-refractivity contribution < 1.29 is 0 Å². The van der Waals surface area contributed by atoms with Crippen LogP contribution in [-0.4, -0.2) is 55.6 Å². The summed E-state index contributed by atoms with van der Waals surface area (Å²) in [6.07, 6.45) is 3.70. The molecule has 1 aliphatic heterocycles. The molecular weight excluding hydrogens is 174 g/mol. The molecule has 3 heteroatoms. The third kappa shape index (κ3) is 3.95. The number of likely N-dealkylation sites (N-methyl/N-ethyl adjacent to an activating group) is 2. The van der Waals surface area contributed by atoms with Gasteiger partial charge in [-0.2, -0.15) is 0 Å². The lowest BCUT2D eigenvalue weighted by atomic mass is 10.1. The fourth-order valence-corrected chi connectivity index (χ4v) is 2.12. The van der Waals surface area contributed by atoms with Crippen molar-refractivity contribution in [3.63, 3.8) is 0 Å². The van der Waals surface area contributed by atoms with Gasteiger partial charge in [0.05, 0.1) is 0 Å². The molecule has 1 fully saturated rings. The van der Waals surface area contributed by atoms with Gasteiger partial charge in [0, 0.05) is 18.6 Å². The highest BCUT2D eigenvalue weighted by molar-refractivity contribution is 4.79. The highest BCUT2D eigenvalue weighted by Crippen LogP contribution is 2.12. The minimum atomic E-state index is 0.356. The minimum Gasteiger partial charge on any atom is -0.328 e. The van der Waals surface area contributed by atoms with Crippen LogP contribution in [-0.2, 0) is 0 Å². The van der Waals surface area contributed by atoms with Gasteiger partial charge in [-0.25, -0.2) is 0 Å². The second-order valence-electron chi connectivity index (χ2n) is 4.80. The summed E-state index contributed by atoms with van der Waals surface area (Å²) in [4.78, 5) is 4.90. The van der Waals surface area contributed by atoms with Crippen molar-refractivity contribution >= 4 is 0 Å². The van der Waals surface area contributed by atoms with E-state index in [1.165, 1.54) is 32.5 Å². The molecule has 0 aliphatic carbocycles. The Labute approximate surface area is 88.2 Å².